The van der Waals surface area contributed by atoms with Crippen LogP contribution in [0.25, 0.3) is 22.3 Å². The maximum atomic E-state index is 13.5. The minimum Gasteiger partial charge on any atom is -0.493 e. The van der Waals surface area contributed by atoms with E-state index in [4.69, 9.17) is 15.3 Å². The molecule has 146 valence electrons. The number of rotatable bonds is 6. The molecule has 7 nitrogen and oxygen atoms in total. The van der Waals surface area contributed by atoms with Gasteiger partial charge in [0.2, 0.25) is 0 Å². The van der Waals surface area contributed by atoms with Crippen LogP contribution in [0.5, 0.6) is 5.75 Å². The molecule has 2 N–H and O–H groups in total. The molecule has 3 aromatic rings. The summed E-state index contributed by atoms with van der Waals surface area (Å²) < 4.78 is 46.8. The van der Waals surface area contributed by atoms with E-state index in [2.05, 4.69) is 9.97 Å². The number of hydrogen-bond acceptors (Lipinski definition) is 5. The van der Waals surface area contributed by atoms with Crippen LogP contribution in [0.4, 0.5) is 13.2 Å². The molecule has 0 fully saturated rings. The Morgan fingerprint density at radius 2 is 2.07 bits per heavy atom. The lowest BCUT2D eigenvalue weighted by Gasteiger charge is -2.15. The standard InChI is InChI=1S/C18H15F3N4O3/c1-2-28-13-4-3-10(7-12(13)18(19,20)21)16-11-5-6-25(9-15(26)27)17(11)24-14(8-22)23-16/h3-8,22H,2,9H2,1H3,(H,26,27). The molecular formula is C18H15F3N4O3. The number of halogens is 3. The molecule has 0 aliphatic carbocycles. The van der Waals surface area contributed by atoms with Crippen LogP contribution >= 0.6 is 0 Å². The summed E-state index contributed by atoms with van der Waals surface area (Å²) in [4.78, 5) is 19.3. The molecule has 3 rings (SSSR count). The summed E-state index contributed by atoms with van der Waals surface area (Å²) in [7, 11) is 0. The Morgan fingerprint density at radius 3 is 2.68 bits per heavy atom. The van der Waals surface area contributed by atoms with Crippen LogP contribution in [0.1, 0.15) is 18.3 Å². The Labute approximate surface area is 156 Å². The van der Waals surface area contributed by atoms with Gasteiger partial charge in [0.25, 0.3) is 0 Å². The summed E-state index contributed by atoms with van der Waals surface area (Å²) in [5.41, 5.74) is -0.408. The minimum atomic E-state index is -4.63. The van der Waals surface area contributed by atoms with Crippen LogP contribution in [0, 0.1) is 5.41 Å². The van der Waals surface area contributed by atoms with Crippen LogP contribution in [-0.4, -0.2) is 38.4 Å². The highest BCUT2D eigenvalue weighted by Gasteiger charge is 2.35. The average molecular weight is 392 g/mol. The van der Waals surface area contributed by atoms with Gasteiger partial charge in [0.05, 0.1) is 24.1 Å². The van der Waals surface area contributed by atoms with Crippen molar-refractivity contribution in [3.8, 4) is 17.0 Å². The molecule has 0 amide bonds. The molecule has 0 bridgehead atoms. The number of hydrogen-bond donors (Lipinski definition) is 2. The van der Waals surface area contributed by atoms with Crippen LogP contribution in [0.3, 0.4) is 0 Å². The number of alkyl halides is 3. The fourth-order valence-electron chi connectivity index (χ4n) is 2.82. The number of carboxylic acid groups (broad SMARTS) is 1. The Bertz CT molecular complexity index is 1060. The first kappa shape index (κ1) is 19.3. The molecular weight excluding hydrogens is 377 g/mol. The zero-order chi connectivity index (χ0) is 20.5. The molecule has 0 radical (unpaired) electrons. The lowest BCUT2D eigenvalue weighted by atomic mass is 10.0. The number of fused-ring (bicyclic) bond motifs is 1. The van der Waals surface area contributed by atoms with Crippen LogP contribution in [0.15, 0.2) is 30.5 Å². The van der Waals surface area contributed by atoms with Gasteiger partial charge in [-0.25, -0.2) is 9.97 Å². The van der Waals surface area contributed by atoms with E-state index in [1.807, 2.05) is 0 Å². The van der Waals surface area contributed by atoms with Gasteiger partial charge in [-0.15, -0.1) is 0 Å². The zero-order valence-electron chi connectivity index (χ0n) is 14.6. The summed E-state index contributed by atoms with van der Waals surface area (Å²) in [5.74, 6) is -1.44. The van der Waals surface area contributed by atoms with Crippen LogP contribution < -0.4 is 4.74 Å². The summed E-state index contributed by atoms with van der Waals surface area (Å²) in [6, 6.07) is 5.11. The second kappa shape index (κ2) is 7.29. The molecule has 0 atom stereocenters. The minimum absolute atomic E-state index is 0.0460. The van der Waals surface area contributed by atoms with Crippen molar-refractivity contribution in [2.24, 2.45) is 0 Å². The highest BCUT2D eigenvalue weighted by molar-refractivity contribution is 5.93. The Kier molecular flexibility index (Phi) is 5.04. The van der Waals surface area contributed by atoms with E-state index >= 15 is 0 Å². The molecule has 28 heavy (non-hydrogen) atoms. The number of nitrogens with zero attached hydrogens (tertiary/aromatic N) is 3. The molecule has 2 heterocycles. The fourth-order valence-corrected chi connectivity index (χ4v) is 2.82. The van der Waals surface area contributed by atoms with Crippen molar-refractivity contribution >= 4 is 23.2 Å². The van der Waals surface area contributed by atoms with E-state index in [0.29, 0.717) is 5.39 Å². The van der Waals surface area contributed by atoms with Crippen molar-refractivity contribution in [1.29, 1.82) is 5.41 Å². The molecule has 10 heteroatoms. The molecule has 0 aliphatic heterocycles. The first-order valence-corrected chi connectivity index (χ1v) is 8.18. The Balaban J connectivity index is 2.24. The predicted octanol–water partition coefficient (Wildman–Crippen LogP) is 3.60. The first-order chi connectivity index (χ1) is 13.2. The summed E-state index contributed by atoms with van der Waals surface area (Å²) in [5, 5.41) is 16.8. The molecule has 0 unspecified atom stereocenters. The van der Waals surface area contributed by atoms with Crippen molar-refractivity contribution in [2.75, 3.05) is 6.61 Å². The maximum absolute atomic E-state index is 13.5. The smallest absolute Gasteiger partial charge is 0.419 e. The average Bonchev–Trinajstić information content (AvgIpc) is 3.03. The molecule has 1 aromatic carbocycles. The van der Waals surface area contributed by atoms with E-state index in [0.717, 1.165) is 12.3 Å². The Hall–Kier alpha value is -3.43. The topological polar surface area (TPSA) is 101 Å². The Morgan fingerprint density at radius 1 is 1.32 bits per heavy atom. The first-order valence-electron chi connectivity index (χ1n) is 8.18. The van der Waals surface area contributed by atoms with Crippen molar-refractivity contribution in [1.82, 2.24) is 14.5 Å². The normalized spacial score (nSPS) is 11.6. The number of ether oxygens (including phenoxy) is 1. The van der Waals surface area contributed by atoms with Crippen molar-refractivity contribution in [3.63, 3.8) is 0 Å². The van der Waals surface area contributed by atoms with Crippen molar-refractivity contribution < 1.29 is 27.8 Å². The van der Waals surface area contributed by atoms with E-state index in [1.54, 1.807) is 6.92 Å². The number of benzene rings is 1. The lowest BCUT2D eigenvalue weighted by Crippen LogP contribution is -2.10. The van der Waals surface area contributed by atoms with Gasteiger partial charge in [0.15, 0.2) is 5.82 Å². The molecule has 0 aliphatic rings. The number of carboxylic acids is 1. The molecule has 2 aromatic heterocycles. The van der Waals surface area contributed by atoms with E-state index in [9.17, 15) is 18.0 Å². The van der Waals surface area contributed by atoms with Gasteiger partial charge < -0.3 is 19.8 Å². The number of nitrogens with one attached hydrogen (secondary N) is 1. The van der Waals surface area contributed by atoms with Gasteiger partial charge in [-0.3, -0.25) is 4.79 Å². The lowest BCUT2D eigenvalue weighted by molar-refractivity contribution is -0.139. The third-order valence-electron chi connectivity index (χ3n) is 3.93. The SMILES string of the molecule is CCOc1ccc(-c2nc(C=N)nc3c2ccn3CC(=O)O)cc1C(F)(F)F. The molecule has 0 saturated heterocycles. The van der Waals surface area contributed by atoms with Gasteiger partial charge >= 0.3 is 12.1 Å². The number of aromatic nitrogens is 3. The van der Waals surface area contributed by atoms with Gasteiger partial charge in [-0.1, -0.05) is 0 Å². The maximum Gasteiger partial charge on any atom is 0.419 e. The van der Waals surface area contributed by atoms with Gasteiger partial charge in [0.1, 0.15) is 17.9 Å². The second-order valence-electron chi connectivity index (χ2n) is 5.79. The highest BCUT2D eigenvalue weighted by atomic mass is 19.4. The summed E-state index contributed by atoms with van der Waals surface area (Å²) >= 11 is 0. The van der Waals surface area contributed by atoms with E-state index in [-0.39, 0.29) is 41.6 Å². The van der Waals surface area contributed by atoms with Gasteiger partial charge in [0, 0.05) is 17.1 Å². The van der Waals surface area contributed by atoms with Gasteiger partial charge in [-0.05, 0) is 31.2 Å². The number of carbonyl (C=O) groups is 1. The van der Waals surface area contributed by atoms with Crippen molar-refractivity contribution in [3.05, 3.63) is 41.9 Å². The van der Waals surface area contributed by atoms with Crippen molar-refractivity contribution in [2.45, 2.75) is 19.6 Å². The monoisotopic (exact) mass is 392 g/mol. The second-order valence-corrected chi connectivity index (χ2v) is 5.79. The number of aliphatic carboxylic acids is 1. The largest absolute Gasteiger partial charge is 0.493 e. The van der Waals surface area contributed by atoms with Crippen LogP contribution in [-0.2, 0) is 17.5 Å². The third-order valence-corrected chi connectivity index (χ3v) is 3.93. The summed E-state index contributed by atoms with van der Waals surface area (Å²) in [6.45, 7) is 1.29. The third kappa shape index (κ3) is 3.66. The predicted molar refractivity (Wildman–Crippen MR) is 94.7 cm³/mol. The van der Waals surface area contributed by atoms with E-state index < -0.39 is 17.7 Å². The molecule has 0 spiro atoms. The highest BCUT2D eigenvalue weighted by Crippen LogP contribution is 2.39. The summed E-state index contributed by atoms with van der Waals surface area (Å²) in [6.07, 6.45) is -2.32. The van der Waals surface area contributed by atoms with Crippen LogP contribution in [0.2, 0.25) is 0 Å². The fraction of sp³-hybridized carbons (Fsp3) is 0.222. The quantitative estimate of drug-likeness (QED) is 0.624. The molecule has 0 saturated carbocycles. The van der Waals surface area contributed by atoms with Gasteiger partial charge in [-0.2, -0.15) is 13.2 Å². The van der Waals surface area contributed by atoms with E-state index in [1.165, 1.54) is 29.0 Å². The zero-order valence-corrected chi connectivity index (χ0v) is 14.6.